The lowest BCUT2D eigenvalue weighted by molar-refractivity contribution is 0.182. The van der Waals surface area contributed by atoms with E-state index in [2.05, 4.69) is 21.8 Å². The van der Waals surface area contributed by atoms with Crippen LogP contribution in [0.4, 0.5) is 5.69 Å². The highest BCUT2D eigenvalue weighted by Gasteiger charge is 2.09. The van der Waals surface area contributed by atoms with Gasteiger partial charge in [-0.2, -0.15) is 5.10 Å². The molecular weight excluding hydrogens is 292 g/mol. The van der Waals surface area contributed by atoms with Crippen molar-refractivity contribution in [2.75, 3.05) is 38.7 Å². The van der Waals surface area contributed by atoms with Gasteiger partial charge in [0.05, 0.1) is 25.0 Å². The number of anilines is 1. The average Bonchev–Trinajstić information content (AvgIpc) is 2.52. The highest BCUT2D eigenvalue weighted by atomic mass is 35.5. The first-order chi connectivity index (χ1) is 10.2. The molecule has 0 unspecified atom stereocenters. The Bertz CT molecular complexity index is 556. The standard InChI is InChI=1S/C14H21ClN4O2/c1-21-9-8-19-14(20)13(15)12(10-18-19)17-7-4-11-2-5-16-6-3-11/h2,10,16-17H,3-9H2,1H3. The van der Waals surface area contributed by atoms with E-state index in [4.69, 9.17) is 16.3 Å². The van der Waals surface area contributed by atoms with Gasteiger partial charge >= 0.3 is 0 Å². The van der Waals surface area contributed by atoms with Crippen molar-refractivity contribution in [3.8, 4) is 0 Å². The minimum atomic E-state index is -0.292. The van der Waals surface area contributed by atoms with Crippen molar-refractivity contribution in [3.63, 3.8) is 0 Å². The zero-order chi connectivity index (χ0) is 15.1. The highest BCUT2D eigenvalue weighted by molar-refractivity contribution is 6.32. The Morgan fingerprint density at radius 1 is 1.57 bits per heavy atom. The molecule has 2 heterocycles. The smallest absolute Gasteiger partial charge is 0.287 e. The maximum absolute atomic E-state index is 12.0. The molecule has 21 heavy (non-hydrogen) atoms. The summed E-state index contributed by atoms with van der Waals surface area (Å²) in [6.07, 6.45) is 5.83. The molecule has 6 nitrogen and oxygen atoms in total. The van der Waals surface area contributed by atoms with Crippen LogP contribution in [-0.4, -0.2) is 43.1 Å². The van der Waals surface area contributed by atoms with E-state index >= 15 is 0 Å². The van der Waals surface area contributed by atoms with E-state index in [0.29, 0.717) is 18.8 Å². The molecule has 2 N–H and O–H groups in total. The number of methoxy groups -OCH3 is 1. The van der Waals surface area contributed by atoms with E-state index in [0.717, 1.165) is 32.5 Å². The summed E-state index contributed by atoms with van der Waals surface area (Å²) in [4.78, 5) is 12.0. The Labute approximate surface area is 129 Å². The molecule has 0 saturated carbocycles. The molecule has 1 aromatic heterocycles. The lowest BCUT2D eigenvalue weighted by Gasteiger charge is -2.15. The Hall–Kier alpha value is -1.37. The van der Waals surface area contributed by atoms with E-state index < -0.39 is 0 Å². The van der Waals surface area contributed by atoms with Gasteiger partial charge in [-0.3, -0.25) is 4.79 Å². The van der Waals surface area contributed by atoms with Crippen LogP contribution in [0.1, 0.15) is 12.8 Å². The van der Waals surface area contributed by atoms with Crippen LogP contribution in [-0.2, 0) is 11.3 Å². The number of hydrogen-bond donors (Lipinski definition) is 2. The predicted octanol–water partition coefficient (Wildman–Crippen LogP) is 1.26. The zero-order valence-corrected chi connectivity index (χ0v) is 12.9. The number of hydrogen-bond acceptors (Lipinski definition) is 5. The third kappa shape index (κ3) is 4.56. The molecule has 0 atom stereocenters. The molecule has 1 aliphatic heterocycles. The van der Waals surface area contributed by atoms with Gasteiger partial charge in [0.2, 0.25) is 0 Å². The van der Waals surface area contributed by atoms with Crippen molar-refractivity contribution < 1.29 is 4.74 Å². The number of rotatable bonds is 7. The fourth-order valence-corrected chi connectivity index (χ4v) is 2.39. The van der Waals surface area contributed by atoms with Crippen LogP contribution < -0.4 is 16.2 Å². The molecule has 0 aliphatic carbocycles. The molecule has 0 amide bonds. The van der Waals surface area contributed by atoms with E-state index in [-0.39, 0.29) is 10.6 Å². The van der Waals surface area contributed by atoms with Crippen molar-refractivity contribution in [1.29, 1.82) is 0 Å². The minimum absolute atomic E-state index is 0.181. The summed E-state index contributed by atoms with van der Waals surface area (Å²) in [6.45, 7) is 3.54. The Kier molecular flexibility index (Phi) is 6.22. The molecule has 0 aromatic carbocycles. The molecule has 2 rings (SSSR count). The van der Waals surface area contributed by atoms with Crippen LogP contribution in [0.2, 0.25) is 5.02 Å². The first-order valence-corrected chi connectivity index (χ1v) is 7.47. The first-order valence-electron chi connectivity index (χ1n) is 7.09. The number of nitrogens with one attached hydrogen (secondary N) is 2. The van der Waals surface area contributed by atoms with Crippen LogP contribution in [0.5, 0.6) is 0 Å². The second-order valence-electron chi connectivity index (χ2n) is 4.89. The van der Waals surface area contributed by atoms with E-state index in [1.165, 1.54) is 10.3 Å². The maximum Gasteiger partial charge on any atom is 0.287 e. The summed E-state index contributed by atoms with van der Waals surface area (Å²) in [5.74, 6) is 0. The summed E-state index contributed by atoms with van der Waals surface area (Å²) >= 11 is 6.10. The summed E-state index contributed by atoms with van der Waals surface area (Å²) in [6, 6.07) is 0. The van der Waals surface area contributed by atoms with Crippen LogP contribution in [0.3, 0.4) is 0 Å². The van der Waals surface area contributed by atoms with Gasteiger partial charge < -0.3 is 15.4 Å². The average molecular weight is 313 g/mol. The number of aromatic nitrogens is 2. The fourth-order valence-electron chi connectivity index (χ4n) is 2.18. The van der Waals surface area contributed by atoms with Crippen molar-refractivity contribution in [2.45, 2.75) is 19.4 Å². The van der Waals surface area contributed by atoms with Crippen molar-refractivity contribution in [3.05, 3.63) is 33.2 Å². The fraction of sp³-hybridized carbons (Fsp3) is 0.571. The minimum Gasteiger partial charge on any atom is -0.383 e. The highest BCUT2D eigenvalue weighted by Crippen LogP contribution is 2.16. The van der Waals surface area contributed by atoms with Gasteiger partial charge in [-0.15, -0.1) is 0 Å². The molecule has 0 saturated heterocycles. The Balaban J connectivity index is 1.92. The van der Waals surface area contributed by atoms with Crippen LogP contribution in [0, 0.1) is 0 Å². The maximum atomic E-state index is 12.0. The molecule has 0 radical (unpaired) electrons. The van der Waals surface area contributed by atoms with Crippen LogP contribution in [0.15, 0.2) is 22.6 Å². The normalized spacial score (nSPS) is 14.9. The van der Waals surface area contributed by atoms with Gasteiger partial charge in [0.15, 0.2) is 0 Å². The monoisotopic (exact) mass is 312 g/mol. The zero-order valence-electron chi connectivity index (χ0n) is 12.2. The van der Waals surface area contributed by atoms with Gasteiger partial charge in [0.25, 0.3) is 5.56 Å². The largest absolute Gasteiger partial charge is 0.383 e. The summed E-state index contributed by atoms with van der Waals surface area (Å²) in [7, 11) is 1.58. The lowest BCUT2D eigenvalue weighted by Crippen LogP contribution is -2.26. The second kappa shape index (κ2) is 8.17. The molecule has 0 spiro atoms. The van der Waals surface area contributed by atoms with Crippen molar-refractivity contribution in [2.24, 2.45) is 0 Å². The number of ether oxygens (including phenoxy) is 1. The summed E-state index contributed by atoms with van der Waals surface area (Å²) in [5, 5.41) is 10.7. The lowest BCUT2D eigenvalue weighted by atomic mass is 10.1. The Morgan fingerprint density at radius 3 is 3.14 bits per heavy atom. The summed E-state index contributed by atoms with van der Waals surface area (Å²) < 4.78 is 6.25. The van der Waals surface area contributed by atoms with Gasteiger partial charge in [-0.1, -0.05) is 23.3 Å². The third-order valence-corrected chi connectivity index (χ3v) is 3.78. The molecular formula is C14H21ClN4O2. The van der Waals surface area contributed by atoms with Gasteiger partial charge in [0, 0.05) is 20.2 Å². The molecule has 1 aromatic rings. The molecule has 0 fully saturated rings. The van der Waals surface area contributed by atoms with Crippen molar-refractivity contribution >= 4 is 17.3 Å². The SMILES string of the molecule is COCCn1ncc(NCCC2=CCNCC2)c(Cl)c1=O. The second-order valence-corrected chi connectivity index (χ2v) is 5.26. The van der Waals surface area contributed by atoms with Crippen molar-refractivity contribution in [1.82, 2.24) is 15.1 Å². The topological polar surface area (TPSA) is 68.2 Å². The van der Waals surface area contributed by atoms with Gasteiger partial charge in [0.1, 0.15) is 5.02 Å². The van der Waals surface area contributed by atoms with E-state index in [1.54, 1.807) is 13.3 Å². The van der Waals surface area contributed by atoms with Crippen LogP contribution >= 0.6 is 11.6 Å². The van der Waals surface area contributed by atoms with E-state index in [1.807, 2.05) is 0 Å². The number of nitrogens with zero attached hydrogens (tertiary/aromatic N) is 2. The van der Waals surface area contributed by atoms with Gasteiger partial charge in [-0.25, -0.2) is 4.68 Å². The number of halogens is 1. The molecule has 0 bridgehead atoms. The molecule has 1 aliphatic rings. The van der Waals surface area contributed by atoms with E-state index in [9.17, 15) is 4.79 Å². The van der Waals surface area contributed by atoms with Crippen LogP contribution in [0.25, 0.3) is 0 Å². The predicted molar refractivity (Wildman–Crippen MR) is 84.1 cm³/mol. The first kappa shape index (κ1) is 16.0. The summed E-state index contributed by atoms with van der Waals surface area (Å²) in [5.41, 5.74) is 1.73. The Morgan fingerprint density at radius 2 is 2.43 bits per heavy atom. The quantitative estimate of drug-likeness (QED) is 0.742. The molecule has 7 heteroatoms. The van der Waals surface area contributed by atoms with Gasteiger partial charge in [-0.05, 0) is 19.4 Å². The third-order valence-electron chi connectivity index (χ3n) is 3.41. The molecule has 116 valence electrons.